The minimum Gasteiger partial charge on any atom is -0.456 e. The number of furan rings is 1. The molecule has 8 aromatic carbocycles. The van der Waals surface area contributed by atoms with Gasteiger partial charge in [0.1, 0.15) is 11.2 Å². The van der Waals surface area contributed by atoms with Gasteiger partial charge in [-0.05, 0) is 65.2 Å². The molecule has 0 N–H and O–H groups in total. The molecule has 5 heteroatoms. The molecule has 0 bridgehead atoms. The molecule has 0 atom stereocenters. The summed E-state index contributed by atoms with van der Waals surface area (Å²) in [5.41, 5.74) is 12.4. The van der Waals surface area contributed by atoms with E-state index in [2.05, 4.69) is 132 Å². The Bertz CT molecular complexity index is 3180. The third-order valence-electron chi connectivity index (χ3n) is 10.7. The number of para-hydroxylation sites is 2. The van der Waals surface area contributed by atoms with Crippen LogP contribution < -0.4 is 0 Å². The summed E-state index contributed by atoms with van der Waals surface area (Å²) in [6.07, 6.45) is 0. The molecule has 0 unspecified atom stereocenters. The van der Waals surface area contributed by atoms with Crippen LogP contribution in [0.25, 0.3) is 106 Å². The van der Waals surface area contributed by atoms with Gasteiger partial charge in [-0.15, -0.1) is 0 Å². The highest BCUT2D eigenvalue weighted by atomic mass is 16.3. The summed E-state index contributed by atoms with van der Waals surface area (Å²) < 4.78 is 9.05. The van der Waals surface area contributed by atoms with E-state index in [1.165, 1.54) is 32.9 Å². The Balaban J connectivity index is 1.02. The van der Waals surface area contributed by atoms with Crippen LogP contribution in [0.5, 0.6) is 0 Å². The zero-order valence-electron chi connectivity index (χ0n) is 30.2. The molecule has 0 saturated heterocycles. The third kappa shape index (κ3) is 5.37. The quantitative estimate of drug-likeness (QED) is 0.172. The van der Waals surface area contributed by atoms with Crippen molar-refractivity contribution in [2.45, 2.75) is 0 Å². The lowest BCUT2D eigenvalue weighted by molar-refractivity contribution is 0.669. The van der Waals surface area contributed by atoms with E-state index in [9.17, 15) is 0 Å². The number of fused-ring (bicyclic) bond motifs is 6. The van der Waals surface area contributed by atoms with Crippen LogP contribution in [0, 0.1) is 0 Å². The maximum absolute atomic E-state index is 6.65. The molecular formula is C51H32N4O. The van der Waals surface area contributed by atoms with E-state index in [1.54, 1.807) is 0 Å². The molecular weight excluding hydrogens is 685 g/mol. The predicted octanol–water partition coefficient (Wildman–Crippen LogP) is 13.2. The first-order valence-corrected chi connectivity index (χ1v) is 18.8. The van der Waals surface area contributed by atoms with Crippen LogP contribution >= 0.6 is 0 Å². The van der Waals surface area contributed by atoms with Crippen LogP contribution in [-0.4, -0.2) is 19.5 Å². The fourth-order valence-electron chi connectivity index (χ4n) is 7.98. The molecule has 262 valence electrons. The molecule has 0 saturated carbocycles. The van der Waals surface area contributed by atoms with E-state index >= 15 is 0 Å². The molecule has 0 aliphatic rings. The maximum atomic E-state index is 6.65. The van der Waals surface area contributed by atoms with Gasteiger partial charge in [0.15, 0.2) is 17.5 Å². The second-order valence-corrected chi connectivity index (χ2v) is 14.0. The van der Waals surface area contributed by atoms with Crippen molar-refractivity contribution in [1.29, 1.82) is 0 Å². The molecule has 0 fully saturated rings. The van der Waals surface area contributed by atoms with Crippen LogP contribution in [0.1, 0.15) is 0 Å². The van der Waals surface area contributed by atoms with E-state index < -0.39 is 0 Å². The first-order chi connectivity index (χ1) is 27.7. The van der Waals surface area contributed by atoms with Crippen molar-refractivity contribution in [3.8, 4) is 62.1 Å². The average Bonchev–Trinajstić information content (AvgIpc) is 3.81. The number of aromatic nitrogens is 4. The first-order valence-electron chi connectivity index (χ1n) is 18.8. The minimum absolute atomic E-state index is 0.594. The fourth-order valence-corrected chi connectivity index (χ4v) is 7.98. The summed E-state index contributed by atoms with van der Waals surface area (Å²) in [5.74, 6) is 1.85. The molecule has 3 aromatic heterocycles. The second kappa shape index (κ2) is 13.0. The van der Waals surface area contributed by atoms with Crippen molar-refractivity contribution in [1.82, 2.24) is 19.5 Å². The predicted molar refractivity (Wildman–Crippen MR) is 229 cm³/mol. The summed E-state index contributed by atoms with van der Waals surface area (Å²) >= 11 is 0. The summed E-state index contributed by atoms with van der Waals surface area (Å²) in [4.78, 5) is 14.8. The van der Waals surface area contributed by atoms with Crippen molar-refractivity contribution in [2.75, 3.05) is 0 Å². The minimum atomic E-state index is 0.594. The van der Waals surface area contributed by atoms with E-state index in [0.29, 0.717) is 17.5 Å². The SMILES string of the molecule is c1ccc(-c2ccc3c(c2)c2ccccc2n3-c2ccccc2-c2ccc3c(c2)oc2cc(-c4nc(-c5ccccc5)nc(-c5ccccc5)n4)ccc23)cc1. The van der Waals surface area contributed by atoms with E-state index in [4.69, 9.17) is 19.4 Å². The number of nitrogens with zero attached hydrogens (tertiary/aromatic N) is 4. The van der Waals surface area contributed by atoms with Gasteiger partial charge in [0, 0.05) is 43.8 Å². The van der Waals surface area contributed by atoms with Gasteiger partial charge >= 0.3 is 0 Å². The zero-order chi connectivity index (χ0) is 37.0. The standard InChI is InChI=1S/C51H32N4O/c1-4-14-33(15-5-1)36-26-29-46-43(30-36)40-21-11-13-23-45(40)55(46)44-22-12-10-20-39(44)37-24-27-41-42-28-25-38(32-48(42)56-47(41)31-37)51-53-49(34-16-6-2-7-17-34)52-50(54-51)35-18-8-3-9-19-35/h1-32H. The normalized spacial score (nSPS) is 11.6. The smallest absolute Gasteiger partial charge is 0.164 e. The van der Waals surface area contributed by atoms with E-state index in [1.807, 2.05) is 66.7 Å². The molecule has 56 heavy (non-hydrogen) atoms. The van der Waals surface area contributed by atoms with Gasteiger partial charge in [-0.3, -0.25) is 0 Å². The van der Waals surface area contributed by atoms with Crippen LogP contribution in [0.4, 0.5) is 0 Å². The molecule has 5 nitrogen and oxygen atoms in total. The third-order valence-corrected chi connectivity index (χ3v) is 10.7. The number of hydrogen-bond acceptors (Lipinski definition) is 4. The van der Waals surface area contributed by atoms with Gasteiger partial charge in [-0.25, -0.2) is 15.0 Å². The van der Waals surface area contributed by atoms with Crippen LogP contribution in [0.15, 0.2) is 199 Å². The molecule has 0 amide bonds. The molecule has 0 aliphatic heterocycles. The van der Waals surface area contributed by atoms with Crippen molar-refractivity contribution in [3.63, 3.8) is 0 Å². The topological polar surface area (TPSA) is 56.7 Å². The Morgan fingerprint density at radius 1 is 0.321 bits per heavy atom. The Labute approximate surface area is 322 Å². The maximum Gasteiger partial charge on any atom is 0.164 e. The largest absolute Gasteiger partial charge is 0.456 e. The van der Waals surface area contributed by atoms with Gasteiger partial charge < -0.3 is 8.98 Å². The summed E-state index contributed by atoms with van der Waals surface area (Å²) in [5, 5.41) is 4.55. The Morgan fingerprint density at radius 2 is 0.821 bits per heavy atom. The second-order valence-electron chi connectivity index (χ2n) is 14.0. The van der Waals surface area contributed by atoms with Gasteiger partial charge in [0.2, 0.25) is 0 Å². The highest BCUT2D eigenvalue weighted by Crippen LogP contribution is 2.40. The first kappa shape index (κ1) is 31.9. The molecule has 3 heterocycles. The number of hydrogen-bond donors (Lipinski definition) is 0. The highest BCUT2D eigenvalue weighted by Gasteiger charge is 2.18. The van der Waals surface area contributed by atoms with Crippen LogP contribution in [-0.2, 0) is 0 Å². The van der Waals surface area contributed by atoms with Gasteiger partial charge in [-0.1, -0.05) is 146 Å². The molecule has 0 aliphatic carbocycles. The van der Waals surface area contributed by atoms with Gasteiger partial charge in [-0.2, -0.15) is 0 Å². The molecule has 11 aromatic rings. The Morgan fingerprint density at radius 3 is 1.50 bits per heavy atom. The van der Waals surface area contributed by atoms with Gasteiger partial charge in [0.05, 0.1) is 16.7 Å². The zero-order valence-corrected chi connectivity index (χ0v) is 30.2. The molecule has 0 spiro atoms. The molecule has 0 radical (unpaired) electrons. The van der Waals surface area contributed by atoms with Crippen LogP contribution in [0.2, 0.25) is 0 Å². The lowest BCUT2D eigenvalue weighted by atomic mass is 10.0. The van der Waals surface area contributed by atoms with Gasteiger partial charge in [0.25, 0.3) is 0 Å². The van der Waals surface area contributed by atoms with Crippen molar-refractivity contribution < 1.29 is 4.42 Å². The average molecular weight is 717 g/mol. The molecule has 11 rings (SSSR count). The number of rotatable bonds is 6. The Kier molecular flexibility index (Phi) is 7.42. The number of benzene rings is 8. The fraction of sp³-hybridized carbons (Fsp3) is 0. The van der Waals surface area contributed by atoms with E-state index in [0.717, 1.165) is 55.4 Å². The van der Waals surface area contributed by atoms with Crippen molar-refractivity contribution >= 4 is 43.7 Å². The van der Waals surface area contributed by atoms with E-state index in [-0.39, 0.29) is 0 Å². The monoisotopic (exact) mass is 716 g/mol. The lowest BCUT2D eigenvalue weighted by Crippen LogP contribution is -2.00. The highest BCUT2D eigenvalue weighted by molar-refractivity contribution is 6.11. The summed E-state index contributed by atoms with van der Waals surface area (Å²) in [6.45, 7) is 0. The van der Waals surface area contributed by atoms with Crippen LogP contribution in [0.3, 0.4) is 0 Å². The Hall–Kier alpha value is -7.63. The summed E-state index contributed by atoms with van der Waals surface area (Å²) in [7, 11) is 0. The lowest BCUT2D eigenvalue weighted by Gasteiger charge is -2.14. The summed E-state index contributed by atoms with van der Waals surface area (Å²) in [6, 6.07) is 67.6. The van der Waals surface area contributed by atoms with Crippen molar-refractivity contribution in [2.24, 2.45) is 0 Å². The van der Waals surface area contributed by atoms with Crippen molar-refractivity contribution in [3.05, 3.63) is 194 Å².